The van der Waals surface area contributed by atoms with Crippen molar-refractivity contribution in [2.24, 2.45) is 0 Å². The van der Waals surface area contributed by atoms with Crippen LogP contribution < -0.4 is 9.80 Å². The second kappa shape index (κ2) is 24.6. The van der Waals surface area contributed by atoms with E-state index in [1.807, 2.05) is 0 Å². The number of nitrogens with zero attached hydrogens (tertiary/aromatic N) is 2. The van der Waals surface area contributed by atoms with Crippen LogP contribution in [-0.2, 0) is 16.2 Å². The Labute approximate surface area is 614 Å². The molecule has 0 spiro atoms. The summed E-state index contributed by atoms with van der Waals surface area (Å²) in [5, 5.41) is 4.59. The second-order valence-electron chi connectivity index (χ2n) is 28.9. The van der Waals surface area contributed by atoms with Gasteiger partial charge in [-0.1, -0.05) is 329 Å². The highest BCUT2D eigenvalue weighted by Crippen LogP contribution is 2.61. The van der Waals surface area contributed by atoms with Crippen molar-refractivity contribution in [3.63, 3.8) is 0 Å². The van der Waals surface area contributed by atoms with Gasteiger partial charge in [-0.3, -0.25) is 0 Å². The fourth-order valence-electron chi connectivity index (χ4n) is 18.6. The summed E-state index contributed by atoms with van der Waals surface area (Å²) >= 11 is 0. The maximum Gasteiger partial charge on any atom is 0.0713 e. The van der Waals surface area contributed by atoms with E-state index < -0.39 is 10.8 Å². The molecule has 17 aromatic carbocycles. The molecular weight excluding hydrogens is 1270 g/mol. The molecule has 17 aromatic rings. The molecule has 0 bridgehead atoms. The molecule has 0 atom stereocenters. The lowest BCUT2D eigenvalue weighted by molar-refractivity contribution is 0.660. The van der Waals surface area contributed by atoms with Crippen LogP contribution in [0.5, 0.6) is 0 Å². The molecule has 0 fully saturated rings. The monoisotopic (exact) mass is 1340 g/mol. The summed E-state index contributed by atoms with van der Waals surface area (Å²) in [7, 11) is 0. The number of rotatable bonds is 13. The van der Waals surface area contributed by atoms with Crippen molar-refractivity contribution in [3.8, 4) is 66.8 Å². The normalized spacial score (nSPS) is 13.7. The van der Waals surface area contributed by atoms with Crippen molar-refractivity contribution >= 4 is 55.7 Å². The van der Waals surface area contributed by atoms with Gasteiger partial charge in [0.1, 0.15) is 0 Å². The van der Waals surface area contributed by atoms with Crippen molar-refractivity contribution in [2.45, 2.75) is 30.1 Å². The number of anilines is 6. The van der Waals surface area contributed by atoms with E-state index in [2.05, 4.69) is 424 Å². The Hall–Kier alpha value is -13.1. The zero-order valence-corrected chi connectivity index (χ0v) is 58.5. The summed E-state index contributed by atoms with van der Waals surface area (Å²) in [6.07, 6.45) is 0. The minimum absolute atomic E-state index is 0.215. The van der Waals surface area contributed by atoms with E-state index in [1.54, 1.807) is 0 Å². The maximum absolute atomic E-state index is 2.57. The van der Waals surface area contributed by atoms with Crippen molar-refractivity contribution in [2.75, 3.05) is 9.80 Å². The Morgan fingerprint density at radius 1 is 0.181 bits per heavy atom. The van der Waals surface area contributed by atoms with Crippen LogP contribution in [0.3, 0.4) is 0 Å². The van der Waals surface area contributed by atoms with Crippen molar-refractivity contribution < 1.29 is 0 Å². The fourth-order valence-corrected chi connectivity index (χ4v) is 18.6. The third kappa shape index (κ3) is 9.50. The molecule has 0 heterocycles. The minimum Gasteiger partial charge on any atom is -0.310 e. The molecule has 2 heteroatoms. The van der Waals surface area contributed by atoms with Crippen LogP contribution >= 0.6 is 0 Å². The molecule has 20 rings (SSSR count). The molecule has 0 radical (unpaired) electrons. The largest absolute Gasteiger partial charge is 0.310 e. The van der Waals surface area contributed by atoms with Crippen LogP contribution in [0.2, 0.25) is 0 Å². The van der Waals surface area contributed by atoms with E-state index in [0.717, 1.165) is 72.4 Å². The van der Waals surface area contributed by atoms with Crippen LogP contribution in [0.4, 0.5) is 34.1 Å². The average molecular weight is 1340 g/mol. The summed E-state index contributed by atoms with van der Waals surface area (Å²) in [5.41, 5.74) is 32.2. The lowest BCUT2D eigenvalue weighted by Crippen LogP contribution is -2.28. The van der Waals surface area contributed by atoms with Crippen molar-refractivity contribution in [1.29, 1.82) is 0 Å². The van der Waals surface area contributed by atoms with Gasteiger partial charge in [-0.05, 0) is 229 Å². The van der Waals surface area contributed by atoms with Crippen LogP contribution in [0.25, 0.3) is 88.3 Å². The lowest BCUT2D eigenvalue weighted by Gasteiger charge is -2.34. The Balaban J connectivity index is 0.914. The van der Waals surface area contributed by atoms with Gasteiger partial charge in [0.2, 0.25) is 0 Å². The summed E-state index contributed by atoms with van der Waals surface area (Å²) in [5.74, 6) is 0. The van der Waals surface area contributed by atoms with Gasteiger partial charge in [0.25, 0.3) is 0 Å². The number of fused-ring (bicyclic) bond motifs is 11. The van der Waals surface area contributed by atoms with Crippen LogP contribution in [-0.4, -0.2) is 0 Å². The van der Waals surface area contributed by atoms with Gasteiger partial charge in [-0.25, -0.2) is 0 Å². The van der Waals surface area contributed by atoms with Gasteiger partial charge in [0, 0.05) is 39.5 Å². The van der Waals surface area contributed by atoms with Gasteiger partial charge < -0.3 is 9.80 Å². The lowest BCUT2D eigenvalue weighted by atomic mass is 9.67. The summed E-state index contributed by atoms with van der Waals surface area (Å²) < 4.78 is 0. The molecule has 0 amide bonds. The van der Waals surface area contributed by atoms with Crippen molar-refractivity contribution in [3.05, 3.63) is 456 Å². The molecule has 3 aliphatic carbocycles. The highest BCUT2D eigenvalue weighted by atomic mass is 15.1. The molecule has 0 N–H and O–H groups in total. The van der Waals surface area contributed by atoms with Crippen LogP contribution in [0.1, 0.15) is 69.5 Å². The number of para-hydroxylation sites is 2. The zero-order valence-electron chi connectivity index (χ0n) is 58.5. The van der Waals surface area contributed by atoms with Crippen LogP contribution in [0.15, 0.2) is 400 Å². The zero-order chi connectivity index (χ0) is 69.8. The fraction of sp³-hybridized carbons (Fsp3) is 0.0485. The topological polar surface area (TPSA) is 6.48 Å². The molecule has 0 aliphatic heterocycles. The molecule has 494 valence electrons. The molecule has 3 aliphatic rings. The molecule has 0 aromatic heterocycles. The Morgan fingerprint density at radius 3 is 0.905 bits per heavy atom. The number of hydrogen-bond acceptors (Lipinski definition) is 2. The van der Waals surface area contributed by atoms with E-state index in [9.17, 15) is 0 Å². The number of benzene rings is 17. The highest BCUT2D eigenvalue weighted by Gasteiger charge is 2.48. The standard InChI is InChI=1S/C103H72N2/c1-101(2)93-47-27-24-44-83(93)86-61-56-82(68-96(86)101)105(78-42-22-9-23-43-78)81-58-63-90-92(67-81)100(72-53-60-88-85-46-26-29-49-95(85)103(98(88)65-72,75-36-16-6-17-37-75)76-38-18-7-19-39-76)89-62-57-80(104(77-40-20-8-21-41-77)79-54-50-70(51-55-79)69-30-10-3-11-31-69)66-91(89)99(90)71-52-59-87-84-45-25-28-48-94(84)102(97(87)64-71,73-32-12-4-13-33-73)74-34-14-5-15-35-74/h3-68H,1-2H3. The first-order chi connectivity index (χ1) is 51.8. The molecule has 0 saturated carbocycles. The average Bonchev–Trinajstić information content (AvgIpc) is 1.52. The Morgan fingerprint density at radius 2 is 0.467 bits per heavy atom. The van der Waals surface area contributed by atoms with Gasteiger partial charge >= 0.3 is 0 Å². The smallest absolute Gasteiger partial charge is 0.0713 e. The first-order valence-corrected chi connectivity index (χ1v) is 36.7. The van der Waals surface area contributed by atoms with E-state index in [1.165, 1.54) is 106 Å². The maximum atomic E-state index is 2.57. The Kier molecular flexibility index (Phi) is 14.4. The molecule has 2 nitrogen and oxygen atoms in total. The first kappa shape index (κ1) is 61.7. The minimum atomic E-state index is -0.641. The van der Waals surface area contributed by atoms with Crippen molar-refractivity contribution in [1.82, 2.24) is 0 Å². The van der Waals surface area contributed by atoms with E-state index in [-0.39, 0.29) is 5.41 Å². The third-order valence-electron chi connectivity index (χ3n) is 23.2. The van der Waals surface area contributed by atoms with E-state index in [4.69, 9.17) is 0 Å². The van der Waals surface area contributed by atoms with Gasteiger partial charge in [0.15, 0.2) is 0 Å². The molecule has 0 unspecified atom stereocenters. The second-order valence-corrected chi connectivity index (χ2v) is 28.9. The summed E-state index contributed by atoms with van der Waals surface area (Å²) in [6.45, 7) is 4.77. The molecule has 105 heavy (non-hydrogen) atoms. The highest BCUT2D eigenvalue weighted by molar-refractivity contribution is 6.23. The van der Waals surface area contributed by atoms with E-state index in [0.29, 0.717) is 0 Å². The molecule has 0 saturated heterocycles. The first-order valence-electron chi connectivity index (χ1n) is 36.7. The van der Waals surface area contributed by atoms with Gasteiger partial charge in [-0.2, -0.15) is 0 Å². The third-order valence-corrected chi connectivity index (χ3v) is 23.2. The molecular formula is C103H72N2. The predicted molar refractivity (Wildman–Crippen MR) is 439 cm³/mol. The van der Waals surface area contributed by atoms with Gasteiger partial charge in [-0.15, -0.1) is 0 Å². The summed E-state index contributed by atoms with van der Waals surface area (Å²) in [6, 6.07) is 151. The van der Waals surface area contributed by atoms with E-state index >= 15 is 0 Å². The predicted octanol–water partition coefficient (Wildman–Crippen LogP) is 27.0. The number of hydrogen-bond donors (Lipinski definition) is 0. The Bertz CT molecular complexity index is 6130. The van der Waals surface area contributed by atoms with Gasteiger partial charge in [0.05, 0.1) is 10.8 Å². The van der Waals surface area contributed by atoms with Crippen LogP contribution in [0, 0.1) is 0 Å². The summed E-state index contributed by atoms with van der Waals surface area (Å²) in [4.78, 5) is 4.93. The quantitative estimate of drug-likeness (QED) is 0.106. The SMILES string of the molecule is CC1(C)c2ccccc2-c2ccc(N(c3ccccc3)c3ccc4c(-c5ccc6c(c5)C(c5ccccc5)(c5ccccc5)c5ccccc5-6)c5cc(N(c6ccccc6)c6ccc(-c7ccccc7)cc6)ccc5c(-c5ccc6c(c5)C(c5ccccc5)(c5ccccc5)c5ccccc5-6)c4c3)cc21.